The van der Waals surface area contributed by atoms with E-state index in [1.807, 2.05) is 6.92 Å². The molecule has 0 radical (unpaired) electrons. The SMILES string of the molecule is CCCCNC(=O)C(C)SC(C)CCN. The van der Waals surface area contributed by atoms with Gasteiger partial charge in [0.05, 0.1) is 5.25 Å². The molecule has 2 atom stereocenters. The van der Waals surface area contributed by atoms with Crippen LogP contribution in [0.4, 0.5) is 0 Å². The molecule has 2 unspecified atom stereocenters. The van der Waals surface area contributed by atoms with Crippen LogP contribution in [0.1, 0.15) is 40.0 Å². The minimum Gasteiger partial charge on any atom is -0.355 e. The summed E-state index contributed by atoms with van der Waals surface area (Å²) < 4.78 is 0. The molecule has 0 fully saturated rings. The molecule has 90 valence electrons. The number of nitrogens with one attached hydrogen (secondary N) is 1. The smallest absolute Gasteiger partial charge is 0.232 e. The molecule has 0 rings (SSSR count). The lowest BCUT2D eigenvalue weighted by Crippen LogP contribution is -2.32. The number of rotatable bonds is 8. The van der Waals surface area contributed by atoms with E-state index in [0.29, 0.717) is 11.8 Å². The van der Waals surface area contributed by atoms with Crippen LogP contribution in [0.5, 0.6) is 0 Å². The Morgan fingerprint density at radius 3 is 2.67 bits per heavy atom. The molecule has 0 bridgehead atoms. The number of amides is 1. The second kappa shape index (κ2) is 9.04. The van der Waals surface area contributed by atoms with Crippen molar-refractivity contribution in [1.82, 2.24) is 5.32 Å². The highest BCUT2D eigenvalue weighted by Crippen LogP contribution is 2.19. The van der Waals surface area contributed by atoms with Gasteiger partial charge in [0.1, 0.15) is 0 Å². The Hall–Kier alpha value is -0.220. The van der Waals surface area contributed by atoms with E-state index in [0.717, 1.165) is 25.8 Å². The molecule has 0 heterocycles. The van der Waals surface area contributed by atoms with Gasteiger partial charge in [-0.3, -0.25) is 4.79 Å². The van der Waals surface area contributed by atoms with Crippen LogP contribution in [0.2, 0.25) is 0 Å². The Morgan fingerprint density at radius 1 is 1.47 bits per heavy atom. The van der Waals surface area contributed by atoms with Crippen molar-refractivity contribution in [1.29, 1.82) is 0 Å². The minimum atomic E-state index is 0.0309. The van der Waals surface area contributed by atoms with Gasteiger partial charge in [-0.15, -0.1) is 11.8 Å². The zero-order chi connectivity index (χ0) is 11.7. The number of unbranched alkanes of at least 4 members (excludes halogenated alkanes) is 1. The van der Waals surface area contributed by atoms with Crippen LogP contribution in [0.25, 0.3) is 0 Å². The zero-order valence-corrected chi connectivity index (χ0v) is 10.9. The Balaban J connectivity index is 3.68. The average molecular weight is 232 g/mol. The van der Waals surface area contributed by atoms with E-state index in [-0.39, 0.29) is 11.2 Å². The number of nitrogens with two attached hydrogens (primary N) is 1. The monoisotopic (exact) mass is 232 g/mol. The summed E-state index contributed by atoms with van der Waals surface area (Å²) in [5, 5.41) is 3.43. The standard InChI is InChI=1S/C11H24N2OS/c1-4-5-8-13-11(14)10(3)15-9(2)6-7-12/h9-10H,4-8,12H2,1-3H3,(H,13,14). The van der Waals surface area contributed by atoms with Crippen molar-refractivity contribution < 1.29 is 4.79 Å². The van der Waals surface area contributed by atoms with Crippen LogP contribution in [-0.4, -0.2) is 29.5 Å². The predicted octanol–water partition coefficient (Wildman–Crippen LogP) is 1.76. The molecule has 0 aliphatic carbocycles. The van der Waals surface area contributed by atoms with E-state index in [1.54, 1.807) is 11.8 Å². The van der Waals surface area contributed by atoms with Crippen molar-refractivity contribution in [3.63, 3.8) is 0 Å². The molecule has 0 saturated carbocycles. The van der Waals surface area contributed by atoms with Gasteiger partial charge in [-0.1, -0.05) is 20.3 Å². The third-order valence-corrected chi connectivity index (χ3v) is 3.53. The van der Waals surface area contributed by atoms with Gasteiger partial charge in [0.25, 0.3) is 0 Å². The number of hydrogen-bond donors (Lipinski definition) is 2. The van der Waals surface area contributed by atoms with E-state index in [1.165, 1.54) is 0 Å². The molecule has 0 saturated heterocycles. The van der Waals surface area contributed by atoms with Crippen molar-refractivity contribution in [2.75, 3.05) is 13.1 Å². The summed E-state index contributed by atoms with van der Waals surface area (Å²) in [5.41, 5.74) is 5.47. The van der Waals surface area contributed by atoms with E-state index < -0.39 is 0 Å². The summed E-state index contributed by atoms with van der Waals surface area (Å²) in [4.78, 5) is 11.6. The highest BCUT2D eigenvalue weighted by Gasteiger charge is 2.15. The largest absolute Gasteiger partial charge is 0.355 e. The molecule has 0 aliphatic heterocycles. The first-order valence-electron chi connectivity index (χ1n) is 5.75. The van der Waals surface area contributed by atoms with Crippen LogP contribution in [0, 0.1) is 0 Å². The highest BCUT2D eigenvalue weighted by molar-refractivity contribution is 8.01. The first-order valence-corrected chi connectivity index (χ1v) is 6.69. The lowest BCUT2D eigenvalue weighted by molar-refractivity contribution is -0.120. The summed E-state index contributed by atoms with van der Waals surface area (Å²) in [6, 6.07) is 0. The van der Waals surface area contributed by atoms with Crippen LogP contribution in [0.15, 0.2) is 0 Å². The van der Waals surface area contributed by atoms with E-state index >= 15 is 0 Å². The molecule has 0 aromatic heterocycles. The van der Waals surface area contributed by atoms with Gasteiger partial charge in [-0.2, -0.15) is 0 Å². The first-order chi connectivity index (χ1) is 7.11. The van der Waals surface area contributed by atoms with E-state index in [2.05, 4.69) is 19.2 Å². The third-order valence-electron chi connectivity index (χ3n) is 2.21. The zero-order valence-electron chi connectivity index (χ0n) is 10.1. The summed E-state index contributed by atoms with van der Waals surface area (Å²) in [5.74, 6) is 0.150. The summed E-state index contributed by atoms with van der Waals surface area (Å²) in [7, 11) is 0. The molecular formula is C11H24N2OS. The Morgan fingerprint density at radius 2 is 2.13 bits per heavy atom. The second-order valence-electron chi connectivity index (χ2n) is 3.81. The Labute approximate surface area is 97.6 Å². The lowest BCUT2D eigenvalue weighted by Gasteiger charge is -2.16. The summed E-state index contributed by atoms with van der Waals surface area (Å²) >= 11 is 1.70. The van der Waals surface area contributed by atoms with E-state index in [9.17, 15) is 4.79 Å². The number of thioether (sulfide) groups is 1. The second-order valence-corrected chi connectivity index (χ2v) is 5.59. The van der Waals surface area contributed by atoms with Gasteiger partial charge in [0.2, 0.25) is 5.91 Å². The van der Waals surface area contributed by atoms with Gasteiger partial charge in [-0.05, 0) is 26.3 Å². The third kappa shape index (κ3) is 7.68. The van der Waals surface area contributed by atoms with E-state index in [4.69, 9.17) is 5.73 Å². The van der Waals surface area contributed by atoms with Crippen molar-refractivity contribution in [2.24, 2.45) is 5.73 Å². The molecule has 3 nitrogen and oxygen atoms in total. The topological polar surface area (TPSA) is 55.1 Å². The van der Waals surface area contributed by atoms with Gasteiger partial charge in [-0.25, -0.2) is 0 Å². The highest BCUT2D eigenvalue weighted by atomic mass is 32.2. The fraction of sp³-hybridized carbons (Fsp3) is 0.909. The predicted molar refractivity (Wildman–Crippen MR) is 68.1 cm³/mol. The summed E-state index contributed by atoms with van der Waals surface area (Å²) in [6.45, 7) is 7.68. The van der Waals surface area contributed by atoms with Crippen molar-refractivity contribution >= 4 is 17.7 Å². The van der Waals surface area contributed by atoms with Gasteiger partial charge in [0.15, 0.2) is 0 Å². The molecule has 15 heavy (non-hydrogen) atoms. The molecular weight excluding hydrogens is 208 g/mol. The molecule has 0 aromatic carbocycles. The maximum absolute atomic E-state index is 11.6. The molecule has 3 N–H and O–H groups in total. The molecule has 0 aliphatic rings. The van der Waals surface area contributed by atoms with Gasteiger partial charge < -0.3 is 11.1 Å². The van der Waals surface area contributed by atoms with Gasteiger partial charge in [0, 0.05) is 11.8 Å². The Bertz CT molecular complexity index is 176. The Kier molecular flexibility index (Phi) is 8.91. The fourth-order valence-corrected chi connectivity index (χ4v) is 2.42. The molecule has 1 amide bonds. The van der Waals surface area contributed by atoms with Crippen molar-refractivity contribution in [3.05, 3.63) is 0 Å². The number of carbonyl (C=O) groups is 1. The van der Waals surface area contributed by atoms with Crippen molar-refractivity contribution in [2.45, 2.75) is 50.5 Å². The lowest BCUT2D eigenvalue weighted by atomic mass is 10.3. The maximum atomic E-state index is 11.6. The van der Waals surface area contributed by atoms with Crippen LogP contribution >= 0.6 is 11.8 Å². The molecule has 0 aromatic rings. The average Bonchev–Trinajstić information content (AvgIpc) is 2.18. The number of hydrogen-bond acceptors (Lipinski definition) is 3. The van der Waals surface area contributed by atoms with Gasteiger partial charge >= 0.3 is 0 Å². The van der Waals surface area contributed by atoms with Crippen LogP contribution in [0.3, 0.4) is 0 Å². The molecule has 4 heteroatoms. The maximum Gasteiger partial charge on any atom is 0.232 e. The fourth-order valence-electron chi connectivity index (χ4n) is 1.25. The minimum absolute atomic E-state index is 0.0309. The first kappa shape index (κ1) is 14.8. The quantitative estimate of drug-likeness (QED) is 0.627. The van der Waals surface area contributed by atoms with Crippen LogP contribution in [-0.2, 0) is 4.79 Å². The number of carbonyl (C=O) groups excluding carboxylic acids is 1. The normalized spacial score (nSPS) is 14.7. The van der Waals surface area contributed by atoms with Crippen LogP contribution < -0.4 is 11.1 Å². The van der Waals surface area contributed by atoms with Crippen molar-refractivity contribution in [3.8, 4) is 0 Å². The summed E-state index contributed by atoms with van der Waals surface area (Å²) in [6.07, 6.45) is 3.14. The molecule has 0 spiro atoms.